The average Bonchev–Trinajstić information content (AvgIpc) is 2.25. The van der Waals surface area contributed by atoms with Crippen LogP contribution in [0.3, 0.4) is 0 Å². The van der Waals surface area contributed by atoms with Crippen LogP contribution in [0, 0.1) is 6.92 Å². The van der Waals surface area contributed by atoms with Crippen molar-refractivity contribution in [3.8, 4) is 5.75 Å². The summed E-state index contributed by atoms with van der Waals surface area (Å²) in [6.07, 6.45) is 2.51. The molecular weight excluding hydrogens is 296 g/mol. The molecule has 0 aliphatic rings. The van der Waals surface area contributed by atoms with Crippen LogP contribution in [-0.2, 0) is 14.5 Å². The second-order valence-electron chi connectivity index (χ2n) is 5.73. The van der Waals surface area contributed by atoms with Crippen molar-refractivity contribution in [2.75, 3.05) is 6.61 Å². The Labute approximate surface area is 126 Å². The van der Waals surface area contributed by atoms with Crippen LogP contribution in [0.5, 0.6) is 5.75 Å². The molecule has 0 amide bonds. The molecule has 0 unspecified atom stereocenters. The van der Waals surface area contributed by atoms with E-state index in [0.717, 1.165) is 12.0 Å². The molecule has 0 aliphatic carbocycles. The summed E-state index contributed by atoms with van der Waals surface area (Å²) in [7, 11) is 1.73. The third-order valence-corrected chi connectivity index (χ3v) is 4.39. The van der Waals surface area contributed by atoms with Gasteiger partial charge in [-0.3, -0.25) is 0 Å². The van der Waals surface area contributed by atoms with Crippen molar-refractivity contribution in [3.05, 3.63) is 35.9 Å². The Hall–Kier alpha value is -1.00. The van der Waals surface area contributed by atoms with Crippen molar-refractivity contribution in [1.29, 1.82) is 0 Å². The number of rotatable bonds is 5. The highest BCUT2D eigenvalue weighted by Gasteiger charge is 2.24. The first-order valence-corrected chi connectivity index (χ1v) is 8.72. The zero-order chi connectivity index (χ0) is 15.6. The van der Waals surface area contributed by atoms with E-state index < -0.39 is 9.05 Å². The van der Waals surface area contributed by atoms with Gasteiger partial charge in [-0.15, -0.1) is 6.58 Å². The number of aryl methyl sites for hydroxylation is 1. The molecule has 1 aromatic carbocycles. The fraction of sp³-hybridized carbons (Fsp3) is 0.467. The summed E-state index contributed by atoms with van der Waals surface area (Å²) in [6, 6.07) is 3.35. The maximum absolute atomic E-state index is 11.6. The normalized spacial score (nSPS) is 12.2. The molecule has 0 heterocycles. The first-order valence-electron chi connectivity index (χ1n) is 6.41. The first kappa shape index (κ1) is 17.1. The zero-order valence-corrected chi connectivity index (χ0v) is 13.9. The van der Waals surface area contributed by atoms with Gasteiger partial charge < -0.3 is 4.74 Å². The molecule has 3 nitrogen and oxygen atoms in total. The van der Waals surface area contributed by atoms with Crippen molar-refractivity contribution < 1.29 is 13.2 Å². The molecule has 0 saturated carbocycles. The van der Waals surface area contributed by atoms with E-state index in [2.05, 4.69) is 6.58 Å². The molecule has 0 atom stereocenters. The fourth-order valence-electron chi connectivity index (χ4n) is 1.88. The van der Waals surface area contributed by atoms with Gasteiger partial charge in [-0.2, -0.15) is 0 Å². The summed E-state index contributed by atoms with van der Waals surface area (Å²) in [6.45, 7) is 11.9. The van der Waals surface area contributed by atoms with Gasteiger partial charge in [-0.05, 0) is 36.5 Å². The monoisotopic (exact) mass is 316 g/mol. The van der Waals surface area contributed by atoms with Crippen LogP contribution >= 0.6 is 10.7 Å². The first-order chi connectivity index (χ1) is 9.07. The van der Waals surface area contributed by atoms with Gasteiger partial charge in [0.15, 0.2) is 0 Å². The van der Waals surface area contributed by atoms with Crippen molar-refractivity contribution in [1.82, 2.24) is 0 Å². The Kier molecular flexibility index (Phi) is 5.27. The van der Waals surface area contributed by atoms with Gasteiger partial charge >= 0.3 is 0 Å². The minimum absolute atomic E-state index is 0.139. The lowest BCUT2D eigenvalue weighted by molar-refractivity contribution is 0.315. The molecule has 1 rings (SSSR count). The van der Waals surface area contributed by atoms with Crippen LogP contribution < -0.4 is 4.74 Å². The quantitative estimate of drug-likeness (QED) is 0.465. The number of halogens is 1. The number of hydrogen-bond donors (Lipinski definition) is 0. The summed E-state index contributed by atoms with van der Waals surface area (Å²) in [5.74, 6) is 0.695. The predicted molar refractivity (Wildman–Crippen MR) is 83.2 cm³/mol. The molecule has 0 saturated heterocycles. The van der Waals surface area contributed by atoms with Gasteiger partial charge in [-0.1, -0.05) is 26.8 Å². The second-order valence-corrected chi connectivity index (χ2v) is 8.26. The maximum atomic E-state index is 11.6. The molecule has 0 radical (unpaired) electrons. The molecule has 0 bridgehead atoms. The SMILES string of the molecule is C=CCCOc1cc(C)c(S(=O)(=O)Cl)cc1C(C)(C)C. The molecule has 0 aliphatic heterocycles. The smallest absolute Gasteiger partial charge is 0.261 e. The molecule has 0 spiro atoms. The lowest BCUT2D eigenvalue weighted by Gasteiger charge is -2.24. The van der Waals surface area contributed by atoms with Gasteiger partial charge in [0.25, 0.3) is 9.05 Å². The molecule has 0 N–H and O–H groups in total. The summed E-state index contributed by atoms with van der Waals surface area (Å²) in [5.41, 5.74) is 1.17. The molecule has 1 aromatic rings. The van der Waals surface area contributed by atoms with Crippen molar-refractivity contribution in [3.63, 3.8) is 0 Å². The largest absolute Gasteiger partial charge is 0.493 e. The number of benzene rings is 1. The van der Waals surface area contributed by atoms with Crippen molar-refractivity contribution in [2.24, 2.45) is 0 Å². The van der Waals surface area contributed by atoms with Crippen LogP contribution in [0.25, 0.3) is 0 Å². The molecular formula is C15H21ClO3S. The highest BCUT2D eigenvalue weighted by molar-refractivity contribution is 8.13. The lowest BCUT2D eigenvalue weighted by Crippen LogP contribution is -2.15. The van der Waals surface area contributed by atoms with E-state index in [1.54, 1.807) is 25.1 Å². The fourth-order valence-corrected chi connectivity index (χ4v) is 3.08. The molecule has 5 heteroatoms. The Bertz CT molecular complexity index is 598. The Morgan fingerprint density at radius 2 is 1.95 bits per heavy atom. The van der Waals surface area contributed by atoms with Crippen LogP contribution in [0.2, 0.25) is 0 Å². The van der Waals surface area contributed by atoms with Crippen LogP contribution in [0.15, 0.2) is 29.7 Å². The van der Waals surface area contributed by atoms with E-state index >= 15 is 0 Å². The van der Waals surface area contributed by atoms with Gasteiger partial charge in [-0.25, -0.2) is 8.42 Å². The summed E-state index contributed by atoms with van der Waals surface area (Å²) < 4.78 is 29.0. The molecule has 20 heavy (non-hydrogen) atoms. The molecule has 0 aromatic heterocycles. The summed E-state index contributed by atoms with van der Waals surface area (Å²) in [5, 5.41) is 0. The Balaban J connectivity index is 3.38. The molecule has 0 fully saturated rings. The number of ether oxygens (including phenoxy) is 1. The van der Waals surface area contributed by atoms with Gasteiger partial charge in [0, 0.05) is 16.2 Å². The van der Waals surface area contributed by atoms with E-state index in [9.17, 15) is 8.42 Å². The standard InChI is InChI=1S/C15H21ClO3S/c1-6-7-8-19-13-9-11(2)14(20(16,17)18)10-12(13)15(3,4)5/h6,9-10H,1,7-8H2,2-5H3. The van der Waals surface area contributed by atoms with Gasteiger partial charge in [0.05, 0.1) is 11.5 Å². The number of hydrogen-bond acceptors (Lipinski definition) is 3. The van der Waals surface area contributed by atoms with Crippen molar-refractivity contribution >= 4 is 19.7 Å². The molecule has 112 valence electrons. The third kappa shape index (κ3) is 4.25. The topological polar surface area (TPSA) is 43.4 Å². The predicted octanol–water partition coefficient (Wildman–Crippen LogP) is 4.17. The summed E-state index contributed by atoms with van der Waals surface area (Å²) in [4.78, 5) is 0.139. The second kappa shape index (κ2) is 6.19. The van der Waals surface area contributed by atoms with E-state index in [-0.39, 0.29) is 10.3 Å². The van der Waals surface area contributed by atoms with E-state index in [4.69, 9.17) is 15.4 Å². The zero-order valence-electron chi connectivity index (χ0n) is 12.4. The highest BCUT2D eigenvalue weighted by atomic mass is 35.7. The Morgan fingerprint density at radius 3 is 2.40 bits per heavy atom. The van der Waals surface area contributed by atoms with Crippen LogP contribution in [-0.4, -0.2) is 15.0 Å². The maximum Gasteiger partial charge on any atom is 0.261 e. The highest BCUT2D eigenvalue weighted by Crippen LogP contribution is 2.36. The van der Waals surface area contributed by atoms with E-state index in [1.807, 2.05) is 20.8 Å². The van der Waals surface area contributed by atoms with Crippen LogP contribution in [0.1, 0.15) is 38.3 Å². The van der Waals surface area contributed by atoms with Gasteiger partial charge in [0.1, 0.15) is 5.75 Å². The van der Waals surface area contributed by atoms with Crippen LogP contribution in [0.4, 0.5) is 0 Å². The third-order valence-electron chi connectivity index (χ3n) is 2.93. The van der Waals surface area contributed by atoms with E-state index in [0.29, 0.717) is 17.9 Å². The van der Waals surface area contributed by atoms with Gasteiger partial charge in [0.2, 0.25) is 0 Å². The lowest BCUT2D eigenvalue weighted by atomic mass is 9.86. The minimum atomic E-state index is -3.76. The summed E-state index contributed by atoms with van der Waals surface area (Å²) >= 11 is 0. The van der Waals surface area contributed by atoms with Crippen molar-refractivity contribution in [2.45, 2.75) is 44.4 Å². The Morgan fingerprint density at radius 1 is 1.35 bits per heavy atom. The minimum Gasteiger partial charge on any atom is -0.493 e. The average molecular weight is 317 g/mol. The van der Waals surface area contributed by atoms with E-state index in [1.165, 1.54) is 0 Å².